The van der Waals surface area contributed by atoms with Crippen molar-refractivity contribution in [2.45, 2.75) is 6.42 Å². The minimum Gasteiger partial charge on any atom is -0.497 e. The van der Waals surface area contributed by atoms with Gasteiger partial charge >= 0.3 is 6.01 Å². The number of nitrogens with zero attached hydrogens (tertiary/aromatic N) is 3. The second kappa shape index (κ2) is 7.25. The molecular formula is C13H18N6O2. The van der Waals surface area contributed by atoms with Crippen LogP contribution in [0.25, 0.3) is 0 Å². The van der Waals surface area contributed by atoms with Crippen LogP contribution < -0.4 is 26.1 Å². The molecule has 0 saturated carbocycles. The molecule has 0 aliphatic rings. The Kier molecular flexibility index (Phi) is 5.10. The molecule has 0 fully saturated rings. The lowest BCUT2D eigenvalue weighted by Gasteiger charge is -2.08. The van der Waals surface area contributed by atoms with Crippen molar-refractivity contribution >= 4 is 11.9 Å². The van der Waals surface area contributed by atoms with E-state index < -0.39 is 0 Å². The molecule has 0 amide bonds. The number of hydrazine groups is 1. The van der Waals surface area contributed by atoms with Crippen molar-refractivity contribution in [2.75, 3.05) is 31.5 Å². The molecule has 4 N–H and O–H groups in total. The molecule has 1 aromatic carbocycles. The Morgan fingerprint density at radius 3 is 2.33 bits per heavy atom. The average Bonchev–Trinajstić information content (AvgIpc) is 2.55. The number of nitrogens with two attached hydrogens (primary N) is 1. The van der Waals surface area contributed by atoms with Crippen LogP contribution in [0.5, 0.6) is 11.8 Å². The maximum absolute atomic E-state index is 5.29. The highest BCUT2D eigenvalue weighted by Gasteiger charge is 2.05. The van der Waals surface area contributed by atoms with Crippen molar-refractivity contribution < 1.29 is 9.47 Å². The second-order valence-corrected chi connectivity index (χ2v) is 4.14. The molecule has 0 saturated heterocycles. The second-order valence-electron chi connectivity index (χ2n) is 4.14. The predicted molar refractivity (Wildman–Crippen MR) is 79.4 cm³/mol. The molecule has 0 aliphatic heterocycles. The van der Waals surface area contributed by atoms with Gasteiger partial charge in [-0.05, 0) is 24.1 Å². The first-order valence-corrected chi connectivity index (χ1v) is 6.38. The molecule has 0 bridgehead atoms. The minimum atomic E-state index is 0.199. The van der Waals surface area contributed by atoms with E-state index in [1.807, 2.05) is 24.3 Å². The topological polar surface area (TPSA) is 107 Å². The summed E-state index contributed by atoms with van der Waals surface area (Å²) in [4.78, 5) is 12.1. The fourth-order valence-electron chi connectivity index (χ4n) is 1.70. The molecule has 0 atom stereocenters. The van der Waals surface area contributed by atoms with Crippen molar-refractivity contribution in [1.82, 2.24) is 15.0 Å². The molecule has 2 aromatic rings. The summed E-state index contributed by atoms with van der Waals surface area (Å²) in [6, 6.07) is 8.09. The van der Waals surface area contributed by atoms with Gasteiger partial charge < -0.3 is 14.8 Å². The lowest BCUT2D eigenvalue weighted by atomic mass is 10.1. The molecule has 0 radical (unpaired) electrons. The normalized spacial score (nSPS) is 10.0. The van der Waals surface area contributed by atoms with Crippen molar-refractivity contribution in [1.29, 1.82) is 0 Å². The maximum atomic E-state index is 5.29. The monoisotopic (exact) mass is 290 g/mol. The molecule has 2 rings (SSSR count). The predicted octanol–water partition coefficient (Wildman–Crippen LogP) is 0.829. The van der Waals surface area contributed by atoms with Crippen molar-refractivity contribution in [3.8, 4) is 11.8 Å². The Hall–Kier alpha value is -2.61. The van der Waals surface area contributed by atoms with Crippen LogP contribution in [-0.4, -0.2) is 35.7 Å². The van der Waals surface area contributed by atoms with Crippen molar-refractivity contribution in [3.63, 3.8) is 0 Å². The molecule has 0 spiro atoms. The van der Waals surface area contributed by atoms with E-state index >= 15 is 0 Å². The molecule has 0 unspecified atom stereocenters. The van der Waals surface area contributed by atoms with Gasteiger partial charge in [0.15, 0.2) is 0 Å². The van der Waals surface area contributed by atoms with Crippen LogP contribution in [-0.2, 0) is 6.42 Å². The number of hydrogen-bond acceptors (Lipinski definition) is 8. The summed E-state index contributed by atoms with van der Waals surface area (Å²) >= 11 is 0. The number of aromatic nitrogens is 3. The number of nitrogen functional groups attached to an aromatic ring is 1. The summed E-state index contributed by atoms with van der Waals surface area (Å²) in [7, 11) is 3.13. The number of nitrogens with one attached hydrogen (secondary N) is 2. The van der Waals surface area contributed by atoms with Gasteiger partial charge in [-0.15, -0.1) is 0 Å². The van der Waals surface area contributed by atoms with E-state index in [0.29, 0.717) is 12.5 Å². The highest BCUT2D eigenvalue weighted by molar-refractivity contribution is 5.35. The van der Waals surface area contributed by atoms with E-state index in [4.69, 9.17) is 15.3 Å². The Morgan fingerprint density at radius 1 is 1.00 bits per heavy atom. The van der Waals surface area contributed by atoms with Crippen LogP contribution in [0.4, 0.5) is 11.9 Å². The average molecular weight is 290 g/mol. The third-order valence-corrected chi connectivity index (χ3v) is 2.78. The third kappa shape index (κ3) is 4.18. The van der Waals surface area contributed by atoms with Crippen LogP contribution in [0.15, 0.2) is 24.3 Å². The molecule has 1 aromatic heterocycles. The summed E-state index contributed by atoms with van der Waals surface area (Å²) < 4.78 is 10.1. The molecule has 112 valence electrons. The van der Waals surface area contributed by atoms with Crippen LogP contribution in [0.3, 0.4) is 0 Å². The number of methoxy groups -OCH3 is 2. The SMILES string of the molecule is COc1ccc(CCNc2nc(NN)nc(OC)n2)cc1. The number of ether oxygens (including phenoxy) is 2. The van der Waals surface area contributed by atoms with Crippen LogP contribution in [0.2, 0.25) is 0 Å². The van der Waals surface area contributed by atoms with E-state index in [2.05, 4.69) is 25.7 Å². The molecule has 8 nitrogen and oxygen atoms in total. The highest BCUT2D eigenvalue weighted by atomic mass is 16.5. The Bertz CT molecular complexity index is 553. The maximum Gasteiger partial charge on any atom is 0.322 e. The van der Waals surface area contributed by atoms with Crippen LogP contribution >= 0.6 is 0 Å². The fraction of sp³-hybridized carbons (Fsp3) is 0.308. The number of rotatable bonds is 7. The van der Waals surface area contributed by atoms with Crippen molar-refractivity contribution in [2.24, 2.45) is 5.84 Å². The number of anilines is 2. The van der Waals surface area contributed by atoms with E-state index in [0.717, 1.165) is 12.2 Å². The quantitative estimate of drug-likeness (QED) is 0.508. The highest BCUT2D eigenvalue weighted by Crippen LogP contribution is 2.12. The smallest absolute Gasteiger partial charge is 0.322 e. The van der Waals surface area contributed by atoms with Gasteiger partial charge in [-0.25, -0.2) is 5.84 Å². The van der Waals surface area contributed by atoms with Crippen LogP contribution in [0.1, 0.15) is 5.56 Å². The minimum absolute atomic E-state index is 0.199. The molecule has 8 heteroatoms. The molecule has 0 aliphatic carbocycles. The summed E-state index contributed by atoms with van der Waals surface area (Å²) in [6.45, 7) is 0.670. The van der Waals surface area contributed by atoms with Gasteiger partial charge in [-0.1, -0.05) is 12.1 Å². The zero-order valence-corrected chi connectivity index (χ0v) is 12.0. The summed E-state index contributed by atoms with van der Waals surface area (Å²) in [6.07, 6.45) is 0.823. The number of benzene rings is 1. The van der Waals surface area contributed by atoms with Gasteiger partial charge in [0.25, 0.3) is 0 Å². The summed E-state index contributed by atoms with van der Waals surface area (Å²) in [5.41, 5.74) is 3.55. The third-order valence-electron chi connectivity index (χ3n) is 2.78. The van der Waals surface area contributed by atoms with Gasteiger partial charge in [-0.2, -0.15) is 15.0 Å². The van der Waals surface area contributed by atoms with Gasteiger partial charge in [0.05, 0.1) is 14.2 Å². The zero-order valence-electron chi connectivity index (χ0n) is 12.0. The van der Waals surface area contributed by atoms with E-state index in [-0.39, 0.29) is 12.0 Å². The molecule has 1 heterocycles. The largest absolute Gasteiger partial charge is 0.497 e. The Balaban J connectivity index is 1.93. The van der Waals surface area contributed by atoms with Gasteiger partial charge in [0, 0.05) is 6.54 Å². The summed E-state index contributed by atoms with van der Waals surface area (Å²) in [5.74, 6) is 6.78. The van der Waals surface area contributed by atoms with E-state index in [1.165, 1.54) is 12.7 Å². The lowest BCUT2D eigenvalue weighted by molar-refractivity contribution is 0.379. The van der Waals surface area contributed by atoms with Gasteiger partial charge in [0.2, 0.25) is 11.9 Å². The van der Waals surface area contributed by atoms with E-state index in [9.17, 15) is 0 Å². The summed E-state index contributed by atoms with van der Waals surface area (Å²) in [5, 5.41) is 3.10. The molecule has 21 heavy (non-hydrogen) atoms. The van der Waals surface area contributed by atoms with Gasteiger partial charge in [-0.3, -0.25) is 5.43 Å². The van der Waals surface area contributed by atoms with Crippen LogP contribution in [0, 0.1) is 0 Å². The fourth-order valence-corrected chi connectivity index (χ4v) is 1.70. The first-order chi connectivity index (χ1) is 10.2. The van der Waals surface area contributed by atoms with Gasteiger partial charge in [0.1, 0.15) is 5.75 Å². The Labute approximate surface area is 122 Å². The van der Waals surface area contributed by atoms with Crippen molar-refractivity contribution in [3.05, 3.63) is 29.8 Å². The number of hydrogen-bond donors (Lipinski definition) is 3. The standard InChI is InChI=1S/C13H18N6O2/c1-20-10-5-3-9(4-6-10)7-8-15-11-16-12(19-14)18-13(17-11)21-2/h3-6H,7-8,14H2,1-2H3,(H2,15,16,17,18,19). The first kappa shape index (κ1) is 14.8. The lowest BCUT2D eigenvalue weighted by Crippen LogP contribution is -2.15. The zero-order chi connectivity index (χ0) is 15.1. The first-order valence-electron chi connectivity index (χ1n) is 6.38. The molecular weight excluding hydrogens is 272 g/mol. The Morgan fingerprint density at radius 2 is 1.71 bits per heavy atom. The van der Waals surface area contributed by atoms with E-state index in [1.54, 1.807) is 7.11 Å².